The van der Waals surface area contributed by atoms with E-state index >= 15 is 0 Å². The maximum absolute atomic E-state index is 13.7. The van der Waals surface area contributed by atoms with Gasteiger partial charge in [0, 0.05) is 19.6 Å². The predicted molar refractivity (Wildman–Crippen MR) is 114 cm³/mol. The third-order valence-corrected chi connectivity index (χ3v) is 6.12. The first kappa shape index (κ1) is 22.3. The molecule has 1 aromatic carbocycles. The van der Waals surface area contributed by atoms with Crippen molar-refractivity contribution in [3.63, 3.8) is 0 Å². The summed E-state index contributed by atoms with van der Waals surface area (Å²) in [6.07, 6.45) is 0.456. The molecule has 0 bridgehead atoms. The van der Waals surface area contributed by atoms with Gasteiger partial charge >= 0.3 is 6.16 Å². The summed E-state index contributed by atoms with van der Waals surface area (Å²) in [5.74, 6) is 0.316. The van der Waals surface area contributed by atoms with E-state index in [0.29, 0.717) is 43.8 Å². The van der Waals surface area contributed by atoms with Gasteiger partial charge in [-0.15, -0.1) is 0 Å². The molecule has 2 heterocycles. The van der Waals surface area contributed by atoms with Crippen molar-refractivity contribution in [2.45, 2.75) is 53.0 Å². The predicted octanol–water partition coefficient (Wildman–Crippen LogP) is 3.75. The van der Waals surface area contributed by atoms with Gasteiger partial charge in [-0.1, -0.05) is 17.7 Å². The smallest absolute Gasteiger partial charge is 0.434 e. The molecule has 1 spiro atoms. The number of piperidine rings is 1. The highest BCUT2D eigenvalue weighted by Crippen LogP contribution is 2.48. The van der Waals surface area contributed by atoms with Gasteiger partial charge in [0.05, 0.1) is 19.3 Å². The third kappa shape index (κ3) is 3.72. The molecule has 0 N–H and O–H groups in total. The van der Waals surface area contributed by atoms with Gasteiger partial charge in [0.15, 0.2) is 5.76 Å². The number of hydrogen-bond acceptors (Lipinski definition) is 6. The lowest BCUT2D eigenvalue weighted by Crippen LogP contribution is -2.55. The first-order valence-corrected chi connectivity index (χ1v) is 10.6. The number of likely N-dealkylation sites (N-methyl/N-ethyl adjacent to an activating group) is 1. The Balaban J connectivity index is 2.21. The summed E-state index contributed by atoms with van der Waals surface area (Å²) in [6, 6.07) is 4.11. The quantitative estimate of drug-likeness (QED) is 0.681. The minimum absolute atomic E-state index is 0.0993. The molecule has 164 valence electrons. The molecule has 1 aromatic rings. The Bertz CT molecular complexity index is 845. The van der Waals surface area contributed by atoms with Crippen LogP contribution in [0.25, 0.3) is 5.57 Å². The molecule has 2 aliphatic rings. The van der Waals surface area contributed by atoms with E-state index in [2.05, 4.69) is 12.1 Å². The summed E-state index contributed by atoms with van der Waals surface area (Å²) < 4.78 is 10.9. The van der Waals surface area contributed by atoms with Gasteiger partial charge in [-0.05, 0) is 64.2 Å². The molecule has 0 radical (unpaired) electrons. The standard InChI is InChI=1S/C23H32N2O5/c1-7-25-21(26)19(18-16(4)13-15(3)14-17(18)5)20(30-22(27)29-8-2)23(25)9-11-24(28-6)12-10-23/h13-14H,7-12H2,1-6H3. The van der Waals surface area contributed by atoms with E-state index in [1.54, 1.807) is 14.0 Å². The number of amides is 1. The van der Waals surface area contributed by atoms with Crippen molar-refractivity contribution in [3.8, 4) is 0 Å². The van der Waals surface area contributed by atoms with Crippen LogP contribution in [0.5, 0.6) is 0 Å². The number of aryl methyl sites for hydroxylation is 3. The summed E-state index contributed by atoms with van der Waals surface area (Å²) in [5.41, 5.74) is 3.74. The number of hydrogen-bond donors (Lipinski definition) is 0. The van der Waals surface area contributed by atoms with Crippen LogP contribution in [-0.2, 0) is 19.1 Å². The molecule has 1 saturated heterocycles. The lowest BCUT2D eigenvalue weighted by atomic mass is 9.84. The number of benzene rings is 1. The van der Waals surface area contributed by atoms with Gasteiger partial charge < -0.3 is 19.2 Å². The van der Waals surface area contributed by atoms with Crippen LogP contribution in [0.3, 0.4) is 0 Å². The Labute approximate surface area is 178 Å². The summed E-state index contributed by atoms with van der Waals surface area (Å²) in [6.45, 7) is 11.7. The van der Waals surface area contributed by atoms with Gasteiger partial charge in [0.1, 0.15) is 5.54 Å². The second-order valence-electron chi connectivity index (χ2n) is 7.96. The Morgan fingerprint density at radius 2 is 1.70 bits per heavy atom. The molecule has 0 aromatic heterocycles. The maximum Gasteiger partial charge on any atom is 0.513 e. The third-order valence-electron chi connectivity index (χ3n) is 6.12. The molecule has 7 heteroatoms. The molecule has 2 aliphatic heterocycles. The zero-order valence-electron chi connectivity index (χ0n) is 18.8. The average molecular weight is 417 g/mol. The number of rotatable bonds is 5. The van der Waals surface area contributed by atoms with E-state index in [0.717, 1.165) is 22.3 Å². The monoisotopic (exact) mass is 416 g/mol. The molecule has 0 atom stereocenters. The molecule has 7 nitrogen and oxygen atoms in total. The number of carbonyl (C=O) groups is 2. The van der Waals surface area contributed by atoms with Gasteiger partial charge in [-0.25, -0.2) is 4.79 Å². The highest BCUT2D eigenvalue weighted by Gasteiger charge is 2.55. The zero-order valence-corrected chi connectivity index (χ0v) is 18.8. The highest BCUT2D eigenvalue weighted by atomic mass is 16.7. The first-order chi connectivity index (χ1) is 14.3. The van der Waals surface area contributed by atoms with E-state index in [9.17, 15) is 9.59 Å². The van der Waals surface area contributed by atoms with Crippen LogP contribution in [0.4, 0.5) is 4.79 Å². The average Bonchev–Trinajstić information content (AvgIpc) is 2.90. The van der Waals surface area contributed by atoms with Gasteiger partial charge in [-0.3, -0.25) is 4.79 Å². The topological polar surface area (TPSA) is 68.3 Å². The number of nitrogens with zero attached hydrogens (tertiary/aromatic N) is 2. The van der Waals surface area contributed by atoms with Crippen LogP contribution in [0, 0.1) is 20.8 Å². The van der Waals surface area contributed by atoms with Crippen molar-refractivity contribution in [2.24, 2.45) is 0 Å². The number of hydroxylamine groups is 2. The van der Waals surface area contributed by atoms with Crippen molar-refractivity contribution in [1.82, 2.24) is 9.96 Å². The summed E-state index contributed by atoms with van der Waals surface area (Å²) in [4.78, 5) is 33.3. The fraction of sp³-hybridized carbons (Fsp3) is 0.565. The van der Waals surface area contributed by atoms with Crippen LogP contribution >= 0.6 is 0 Å². The summed E-state index contributed by atoms with van der Waals surface area (Å²) in [7, 11) is 1.64. The van der Waals surface area contributed by atoms with Crippen LogP contribution in [0.15, 0.2) is 17.9 Å². The Hall–Kier alpha value is -2.38. The first-order valence-electron chi connectivity index (χ1n) is 10.6. The van der Waals surface area contributed by atoms with Crippen LogP contribution in [0.1, 0.15) is 48.9 Å². The minimum Gasteiger partial charge on any atom is -0.434 e. The van der Waals surface area contributed by atoms with E-state index in [4.69, 9.17) is 14.3 Å². The van der Waals surface area contributed by atoms with Crippen LogP contribution in [0.2, 0.25) is 0 Å². The van der Waals surface area contributed by atoms with Gasteiger partial charge in [0.25, 0.3) is 5.91 Å². The maximum atomic E-state index is 13.7. The van der Waals surface area contributed by atoms with Crippen molar-refractivity contribution in [3.05, 3.63) is 40.1 Å². The molecule has 0 saturated carbocycles. The Kier molecular flexibility index (Phi) is 6.53. The molecule has 3 rings (SSSR count). The summed E-state index contributed by atoms with van der Waals surface area (Å²) >= 11 is 0. The van der Waals surface area contributed by atoms with Crippen LogP contribution < -0.4 is 0 Å². The van der Waals surface area contributed by atoms with Crippen molar-refractivity contribution >= 4 is 17.6 Å². The van der Waals surface area contributed by atoms with E-state index in [1.165, 1.54) is 0 Å². The molecule has 0 aliphatic carbocycles. The largest absolute Gasteiger partial charge is 0.513 e. The fourth-order valence-corrected chi connectivity index (χ4v) is 4.94. The SMILES string of the molecule is CCOC(=O)OC1=C(c2c(C)cc(C)cc2C)C(=O)N(CC)C12CCN(OC)CC2. The lowest BCUT2D eigenvalue weighted by molar-refractivity contribution is -0.163. The molecular formula is C23H32N2O5. The fourth-order valence-electron chi connectivity index (χ4n) is 4.94. The highest BCUT2D eigenvalue weighted by molar-refractivity contribution is 6.24. The molecule has 1 fully saturated rings. The van der Waals surface area contributed by atoms with E-state index in [1.807, 2.05) is 37.7 Å². The van der Waals surface area contributed by atoms with Crippen LogP contribution in [-0.4, -0.2) is 60.9 Å². The molecule has 1 amide bonds. The lowest BCUT2D eigenvalue weighted by Gasteiger charge is -2.44. The van der Waals surface area contributed by atoms with E-state index < -0.39 is 11.7 Å². The van der Waals surface area contributed by atoms with Gasteiger partial charge in [0.2, 0.25) is 0 Å². The Morgan fingerprint density at radius 1 is 1.10 bits per heavy atom. The van der Waals surface area contributed by atoms with Crippen molar-refractivity contribution in [2.75, 3.05) is 33.4 Å². The molecule has 0 unspecified atom stereocenters. The second kappa shape index (κ2) is 8.78. The molecule has 30 heavy (non-hydrogen) atoms. The van der Waals surface area contributed by atoms with Crippen molar-refractivity contribution < 1.29 is 23.9 Å². The van der Waals surface area contributed by atoms with E-state index in [-0.39, 0.29) is 12.5 Å². The normalized spacial score (nSPS) is 19.0. The van der Waals surface area contributed by atoms with Gasteiger partial charge in [-0.2, -0.15) is 5.06 Å². The Morgan fingerprint density at radius 3 is 2.20 bits per heavy atom. The second-order valence-corrected chi connectivity index (χ2v) is 7.96. The summed E-state index contributed by atoms with van der Waals surface area (Å²) in [5, 5.41) is 1.87. The molecular weight excluding hydrogens is 384 g/mol. The number of carbonyl (C=O) groups excluding carboxylic acids is 2. The minimum atomic E-state index is -0.772. The van der Waals surface area contributed by atoms with Crippen molar-refractivity contribution in [1.29, 1.82) is 0 Å². The number of ether oxygens (including phenoxy) is 2. The zero-order chi connectivity index (χ0) is 22.1.